The highest BCUT2D eigenvalue weighted by Crippen LogP contribution is 2.38. The molecule has 0 atom stereocenters. The minimum atomic E-state index is -0.279. The molecule has 5 nitrogen and oxygen atoms in total. The Hall–Kier alpha value is -3.25. The average Bonchev–Trinajstić information content (AvgIpc) is 2.76. The van der Waals surface area contributed by atoms with Gasteiger partial charge in [-0.25, -0.2) is 4.79 Å². The molecule has 0 saturated heterocycles. The van der Waals surface area contributed by atoms with Gasteiger partial charge in [-0.05, 0) is 36.2 Å². The number of hydrogen-bond donors (Lipinski definition) is 2. The Labute approximate surface area is 180 Å². The number of fused-ring (bicyclic) bond motifs is 1. The summed E-state index contributed by atoms with van der Waals surface area (Å²) < 4.78 is 0. The van der Waals surface area contributed by atoms with Crippen LogP contribution in [0.1, 0.15) is 16.7 Å². The van der Waals surface area contributed by atoms with Crippen LogP contribution in [-0.2, 0) is 17.9 Å². The van der Waals surface area contributed by atoms with E-state index in [0.29, 0.717) is 24.5 Å². The lowest BCUT2D eigenvalue weighted by molar-refractivity contribution is -0.116. The van der Waals surface area contributed by atoms with Gasteiger partial charge < -0.3 is 15.5 Å². The number of nitrogens with zero attached hydrogens (tertiary/aromatic N) is 1. The highest BCUT2D eigenvalue weighted by atomic mass is 32.2. The Balaban J connectivity index is 1.47. The van der Waals surface area contributed by atoms with Crippen LogP contribution in [-0.4, -0.2) is 17.7 Å². The van der Waals surface area contributed by atoms with Crippen molar-refractivity contribution >= 4 is 35.1 Å². The molecular weight excluding hydrogens is 394 g/mol. The first-order chi connectivity index (χ1) is 14.6. The summed E-state index contributed by atoms with van der Waals surface area (Å²) in [5.74, 6) is 0.488. The molecule has 152 valence electrons. The molecule has 0 aromatic heterocycles. The summed E-state index contributed by atoms with van der Waals surface area (Å²) in [6.45, 7) is 3.00. The zero-order valence-electron chi connectivity index (χ0n) is 16.7. The number of thioether (sulfide) groups is 1. The number of anilines is 2. The van der Waals surface area contributed by atoms with Gasteiger partial charge in [0.25, 0.3) is 0 Å². The Morgan fingerprint density at radius 1 is 1.00 bits per heavy atom. The van der Waals surface area contributed by atoms with Crippen LogP contribution in [0.2, 0.25) is 0 Å². The summed E-state index contributed by atoms with van der Waals surface area (Å²) in [6, 6.07) is 23.4. The number of urea groups is 1. The lowest BCUT2D eigenvalue weighted by Crippen LogP contribution is -2.35. The van der Waals surface area contributed by atoms with Crippen molar-refractivity contribution in [2.45, 2.75) is 24.9 Å². The van der Waals surface area contributed by atoms with E-state index in [0.717, 1.165) is 21.7 Å². The van der Waals surface area contributed by atoms with Gasteiger partial charge in [-0.15, -0.1) is 11.8 Å². The number of rotatable bonds is 5. The van der Waals surface area contributed by atoms with E-state index in [9.17, 15) is 9.59 Å². The highest BCUT2D eigenvalue weighted by molar-refractivity contribution is 8.00. The minimum absolute atomic E-state index is 0.0683. The normalized spacial score (nSPS) is 13.0. The van der Waals surface area contributed by atoms with Crippen molar-refractivity contribution in [3.63, 3.8) is 0 Å². The minimum Gasteiger partial charge on any atom is -0.334 e. The summed E-state index contributed by atoms with van der Waals surface area (Å²) in [4.78, 5) is 27.8. The lowest BCUT2D eigenvalue weighted by Gasteiger charge is -2.29. The molecule has 1 aliphatic rings. The van der Waals surface area contributed by atoms with Crippen LogP contribution in [0.4, 0.5) is 16.2 Å². The number of carbonyl (C=O) groups is 2. The molecule has 1 heterocycles. The van der Waals surface area contributed by atoms with Crippen LogP contribution in [0, 0.1) is 6.92 Å². The molecule has 0 saturated carbocycles. The number of aryl methyl sites for hydroxylation is 1. The van der Waals surface area contributed by atoms with Crippen molar-refractivity contribution in [1.29, 1.82) is 0 Å². The summed E-state index contributed by atoms with van der Waals surface area (Å²) in [7, 11) is 0. The zero-order valence-corrected chi connectivity index (χ0v) is 17.5. The average molecular weight is 418 g/mol. The predicted octanol–water partition coefficient (Wildman–Crippen LogP) is 4.96. The van der Waals surface area contributed by atoms with Crippen LogP contribution in [0.5, 0.6) is 0 Å². The summed E-state index contributed by atoms with van der Waals surface area (Å²) >= 11 is 1.53. The van der Waals surface area contributed by atoms with Gasteiger partial charge in [-0.3, -0.25) is 4.79 Å². The smallest absolute Gasteiger partial charge is 0.319 e. The quantitative estimate of drug-likeness (QED) is 0.617. The molecule has 3 aromatic rings. The second kappa shape index (κ2) is 9.05. The van der Waals surface area contributed by atoms with Crippen molar-refractivity contribution in [3.05, 3.63) is 89.5 Å². The molecule has 30 heavy (non-hydrogen) atoms. The predicted molar refractivity (Wildman–Crippen MR) is 122 cm³/mol. The highest BCUT2D eigenvalue weighted by Gasteiger charge is 2.25. The largest absolute Gasteiger partial charge is 0.334 e. The summed E-state index contributed by atoms with van der Waals surface area (Å²) in [5, 5.41) is 5.73. The molecule has 1 aliphatic heterocycles. The SMILES string of the molecule is Cc1ccc(CN2C(=O)CSc3ccc(NC(=O)NCc4ccccc4)cc32)cc1. The third-order valence-electron chi connectivity index (χ3n) is 4.92. The van der Waals surface area contributed by atoms with Gasteiger partial charge in [0.2, 0.25) is 5.91 Å². The Morgan fingerprint density at radius 2 is 1.77 bits per heavy atom. The Bertz CT molecular complexity index is 1050. The third-order valence-corrected chi connectivity index (χ3v) is 5.96. The van der Waals surface area contributed by atoms with Crippen molar-refractivity contribution in [1.82, 2.24) is 5.32 Å². The van der Waals surface area contributed by atoms with Gasteiger partial charge in [0, 0.05) is 17.1 Å². The van der Waals surface area contributed by atoms with Crippen molar-refractivity contribution in [2.75, 3.05) is 16.0 Å². The van der Waals surface area contributed by atoms with Crippen LogP contribution in [0.25, 0.3) is 0 Å². The van der Waals surface area contributed by atoms with E-state index in [2.05, 4.69) is 22.8 Å². The third kappa shape index (κ3) is 4.83. The topological polar surface area (TPSA) is 61.4 Å². The molecule has 6 heteroatoms. The van der Waals surface area contributed by atoms with Crippen molar-refractivity contribution < 1.29 is 9.59 Å². The molecule has 0 spiro atoms. The Kier molecular flexibility index (Phi) is 6.05. The molecule has 3 aromatic carbocycles. The fraction of sp³-hybridized carbons (Fsp3) is 0.167. The molecule has 0 bridgehead atoms. The van der Waals surface area contributed by atoms with E-state index in [4.69, 9.17) is 0 Å². The van der Waals surface area contributed by atoms with Gasteiger partial charge in [-0.1, -0.05) is 60.2 Å². The standard InChI is InChI=1S/C24H23N3O2S/c1-17-7-9-19(10-8-17)15-27-21-13-20(11-12-22(21)30-16-23(27)28)26-24(29)25-14-18-5-3-2-4-6-18/h2-13H,14-16H2,1H3,(H2,25,26,29). The maximum absolute atomic E-state index is 12.6. The second-order valence-corrected chi connectivity index (χ2v) is 8.25. The van der Waals surface area contributed by atoms with E-state index >= 15 is 0 Å². The zero-order chi connectivity index (χ0) is 20.9. The summed E-state index contributed by atoms with van der Waals surface area (Å²) in [5.41, 5.74) is 4.78. The number of carbonyl (C=O) groups excluding carboxylic acids is 2. The van der Waals surface area contributed by atoms with Crippen molar-refractivity contribution in [3.8, 4) is 0 Å². The first kappa shape index (κ1) is 20.0. The fourth-order valence-corrected chi connectivity index (χ4v) is 4.20. The van der Waals surface area contributed by atoms with E-state index in [-0.39, 0.29) is 11.9 Å². The first-order valence-corrected chi connectivity index (χ1v) is 10.8. The maximum atomic E-state index is 12.6. The molecule has 0 unspecified atom stereocenters. The van der Waals surface area contributed by atoms with Crippen LogP contribution < -0.4 is 15.5 Å². The molecule has 0 aliphatic carbocycles. The van der Waals surface area contributed by atoms with Crippen molar-refractivity contribution in [2.24, 2.45) is 0 Å². The van der Waals surface area contributed by atoms with Gasteiger partial charge in [0.05, 0.1) is 18.0 Å². The number of benzene rings is 3. The van der Waals surface area contributed by atoms with E-state index in [1.54, 1.807) is 4.90 Å². The number of amides is 3. The molecule has 4 rings (SSSR count). The van der Waals surface area contributed by atoms with Gasteiger partial charge in [0.1, 0.15) is 0 Å². The Morgan fingerprint density at radius 3 is 2.53 bits per heavy atom. The van der Waals surface area contributed by atoms with Gasteiger partial charge in [0.15, 0.2) is 0 Å². The van der Waals surface area contributed by atoms with E-state index in [1.165, 1.54) is 17.3 Å². The molecule has 2 N–H and O–H groups in total. The first-order valence-electron chi connectivity index (χ1n) is 9.80. The molecule has 0 fully saturated rings. The van der Waals surface area contributed by atoms with Gasteiger partial charge >= 0.3 is 6.03 Å². The van der Waals surface area contributed by atoms with Crippen LogP contribution in [0.3, 0.4) is 0 Å². The number of nitrogens with one attached hydrogen (secondary N) is 2. The van der Waals surface area contributed by atoms with E-state index in [1.807, 2.05) is 67.6 Å². The fourth-order valence-electron chi connectivity index (χ4n) is 3.28. The molecular formula is C24H23N3O2S. The summed E-state index contributed by atoms with van der Waals surface area (Å²) in [6.07, 6.45) is 0. The maximum Gasteiger partial charge on any atom is 0.319 e. The molecule has 3 amide bonds. The van der Waals surface area contributed by atoms with Crippen LogP contribution >= 0.6 is 11.8 Å². The lowest BCUT2D eigenvalue weighted by atomic mass is 10.1. The van der Waals surface area contributed by atoms with Crippen LogP contribution in [0.15, 0.2) is 77.7 Å². The monoisotopic (exact) mass is 417 g/mol. The number of hydrogen-bond acceptors (Lipinski definition) is 3. The second-order valence-electron chi connectivity index (χ2n) is 7.23. The molecule has 0 radical (unpaired) electrons. The van der Waals surface area contributed by atoms with Gasteiger partial charge in [-0.2, -0.15) is 0 Å². The van der Waals surface area contributed by atoms with E-state index < -0.39 is 0 Å².